The Morgan fingerprint density at radius 1 is 1.25 bits per heavy atom. The summed E-state index contributed by atoms with van der Waals surface area (Å²) in [6, 6.07) is 8.75. The summed E-state index contributed by atoms with van der Waals surface area (Å²) in [5.41, 5.74) is 1.58. The van der Waals surface area contributed by atoms with Gasteiger partial charge in [0.1, 0.15) is 12.4 Å². The number of hydrogen-bond acceptors (Lipinski definition) is 6. The standard InChI is InChI=1S/C18H20N6O4/c19-23-11-22-14-5-1-4-13(8-14)17(26)21-10-16(25)24-15(18(27)28)7-12-3-2-6-20-9-12/h1-6,8-9,11,15H,7,10,19H2,(H,21,26)(H,22,23)(H,24,25)(H,27,28). The molecule has 0 bridgehead atoms. The molecule has 0 aliphatic heterocycles. The van der Waals surface area contributed by atoms with Crippen molar-refractivity contribution in [1.29, 1.82) is 0 Å². The van der Waals surface area contributed by atoms with E-state index in [2.05, 4.69) is 26.0 Å². The number of carbonyl (C=O) groups is 3. The Hall–Kier alpha value is -3.95. The molecular weight excluding hydrogens is 364 g/mol. The zero-order valence-electron chi connectivity index (χ0n) is 14.8. The van der Waals surface area contributed by atoms with Crippen molar-refractivity contribution in [2.24, 2.45) is 10.9 Å². The fourth-order valence-electron chi connectivity index (χ4n) is 2.32. The van der Waals surface area contributed by atoms with Crippen molar-refractivity contribution >= 4 is 29.8 Å². The minimum absolute atomic E-state index is 0.0826. The fourth-order valence-corrected chi connectivity index (χ4v) is 2.32. The van der Waals surface area contributed by atoms with E-state index < -0.39 is 23.8 Å². The molecule has 0 aliphatic carbocycles. The van der Waals surface area contributed by atoms with Crippen LogP contribution < -0.4 is 21.8 Å². The van der Waals surface area contributed by atoms with Gasteiger partial charge >= 0.3 is 5.97 Å². The van der Waals surface area contributed by atoms with E-state index in [1.165, 1.54) is 12.5 Å². The van der Waals surface area contributed by atoms with Gasteiger partial charge in [0, 0.05) is 30.1 Å². The third-order valence-corrected chi connectivity index (χ3v) is 3.64. The van der Waals surface area contributed by atoms with Crippen molar-refractivity contribution in [3.63, 3.8) is 0 Å². The summed E-state index contributed by atoms with van der Waals surface area (Å²) >= 11 is 0. The van der Waals surface area contributed by atoms with Gasteiger partial charge in [-0.25, -0.2) is 4.79 Å². The van der Waals surface area contributed by atoms with Crippen LogP contribution in [0.3, 0.4) is 0 Å². The minimum atomic E-state index is -1.18. The SMILES string of the molecule is NN=CNc1cccc(C(=O)NCC(=O)NC(Cc2cccnc2)C(=O)O)c1. The maximum atomic E-state index is 12.2. The highest BCUT2D eigenvalue weighted by molar-refractivity contribution is 5.98. The molecule has 1 heterocycles. The molecule has 0 aliphatic rings. The van der Waals surface area contributed by atoms with Crippen LogP contribution in [0, 0.1) is 0 Å². The van der Waals surface area contributed by atoms with Crippen molar-refractivity contribution in [3.05, 3.63) is 59.9 Å². The van der Waals surface area contributed by atoms with Crippen LogP contribution in [0.4, 0.5) is 5.69 Å². The maximum absolute atomic E-state index is 12.2. The highest BCUT2D eigenvalue weighted by Gasteiger charge is 2.20. The molecular formula is C18H20N6O4. The number of rotatable bonds is 9. The summed E-state index contributed by atoms with van der Waals surface area (Å²) in [6.07, 6.45) is 4.44. The normalized spacial score (nSPS) is 11.6. The van der Waals surface area contributed by atoms with E-state index in [-0.39, 0.29) is 13.0 Å². The third-order valence-electron chi connectivity index (χ3n) is 3.64. The average Bonchev–Trinajstić information content (AvgIpc) is 2.71. The van der Waals surface area contributed by atoms with Crippen molar-refractivity contribution in [2.75, 3.05) is 11.9 Å². The average molecular weight is 384 g/mol. The number of hydrazone groups is 1. The first-order valence-electron chi connectivity index (χ1n) is 8.27. The van der Waals surface area contributed by atoms with E-state index >= 15 is 0 Å². The number of hydrogen-bond donors (Lipinski definition) is 5. The van der Waals surface area contributed by atoms with E-state index in [9.17, 15) is 19.5 Å². The number of carbonyl (C=O) groups excluding carboxylic acids is 2. The number of amides is 2. The lowest BCUT2D eigenvalue weighted by atomic mass is 10.1. The predicted molar refractivity (Wildman–Crippen MR) is 103 cm³/mol. The number of anilines is 1. The number of aromatic nitrogens is 1. The molecule has 2 amide bonds. The first-order chi connectivity index (χ1) is 13.5. The van der Waals surface area contributed by atoms with Crippen LogP contribution >= 0.6 is 0 Å². The molecule has 0 radical (unpaired) electrons. The quantitative estimate of drug-likeness (QED) is 0.175. The van der Waals surface area contributed by atoms with Crippen molar-refractivity contribution < 1.29 is 19.5 Å². The third kappa shape index (κ3) is 6.41. The molecule has 1 aromatic heterocycles. The Balaban J connectivity index is 1.89. The smallest absolute Gasteiger partial charge is 0.326 e. The van der Waals surface area contributed by atoms with Gasteiger partial charge in [-0.05, 0) is 29.8 Å². The van der Waals surface area contributed by atoms with Gasteiger partial charge in [-0.2, -0.15) is 5.10 Å². The molecule has 1 aromatic carbocycles. The van der Waals surface area contributed by atoms with Gasteiger partial charge in [-0.3, -0.25) is 14.6 Å². The van der Waals surface area contributed by atoms with Gasteiger partial charge in [0.15, 0.2) is 0 Å². The Morgan fingerprint density at radius 3 is 2.75 bits per heavy atom. The van der Waals surface area contributed by atoms with E-state index in [0.717, 1.165) is 0 Å². The summed E-state index contributed by atoms with van der Waals surface area (Å²) in [5, 5.41) is 20.2. The second-order valence-corrected chi connectivity index (χ2v) is 5.71. The number of carboxylic acid groups (broad SMARTS) is 1. The molecule has 1 unspecified atom stereocenters. The number of carboxylic acids is 1. The van der Waals surface area contributed by atoms with Crippen LogP contribution in [-0.2, 0) is 16.0 Å². The Bertz CT molecular complexity index is 856. The van der Waals surface area contributed by atoms with E-state index in [1.54, 1.807) is 42.6 Å². The van der Waals surface area contributed by atoms with Gasteiger partial charge in [-0.15, -0.1) is 0 Å². The van der Waals surface area contributed by atoms with Crippen LogP contribution in [-0.4, -0.2) is 46.8 Å². The Kier molecular flexibility index (Phi) is 7.46. The zero-order valence-corrected chi connectivity index (χ0v) is 14.8. The molecule has 0 saturated heterocycles. The molecule has 28 heavy (non-hydrogen) atoms. The highest BCUT2D eigenvalue weighted by Crippen LogP contribution is 2.09. The number of pyridine rings is 1. The maximum Gasteiger partial charge on any atom is 0.326 e. The summed E-state index contributed by atoms with van der Waals surface area (Å²) in [6.45, 7) is -0.364. The van der Waals surface area contributed by atoms with Gasteiger partial charge < -0.3 is 26.9 Å². The monoisotopic (exact) mass is 384 g/mol. The van der Waals surface area contributed by atoms with Gasteiger partial charge in [-0.1, -0.05) is 12.1 Å². The number of nitrogens with zero attached hydrogens (tertiary/aromatic N) is 2. The summed E-state index contributed by atoms with van der Waals surface area (Å²) in [4.78, 5) is 39.5. The van der Waals surface area contributed by atoms with Crippen LogP contribution in [0.2, 0.25) is 0 Å². The minimum Gasteiger partial charge on any atom is -0.480 e. The molecule has 146 valence electrons. The molecule has 6 N–H and O–H groups in total. The zero-order chi connectivity index (χ0) is 20.4. The number of nitrogens with one attached hydrogen (secondary N) is 3. The van der Waals surface area contributed by atoms with E-state index in [1.807, 2.05) is 0 Å². The highest BCUT2D eigenvalue weighted by atomic mass is 16.4. The second-order valence-electron chi connectivity index (χ2n) is 5.71. The first kappa shape index (κ1) is 20.4. The molecule has 1 atom stereocenters. The Labute approximate surface area is 160 Å². The molecule has 0 saturated carbocycles. The van der Waals surface area contributed by atoms with Crippen molar-refractivity contribution in [1.82, 2.24) is 15.6 Å². The first-order valence-corrected chi connectivity index (χ1v) is 8.27. The van der Waals surface area contributed by atoms with Crippen LogP contribution in [0.1, 0.15) is 15.9 Å². The number of aliphatic carboxylic acids is 1. The summed E-state index contributed by atoms with van der Waals surface area (Å²) in [7, 11) is 0. The predicted octanol–water partition coefficient (Wildman–Crippen LogP) is -0.0626. The molecule has 10 heteroatoms. The molecule has 0 fully saturated rings. The lowest BCUT2D eigenvalue weighted by Crippen LogP contribution is -2.46. The molecule has 2 rings (SSSR count). The van der Waals surface area contributed by atoms with Crippen LogP contribution in [0.5, 0.6) is 0 Å². The van der Waals surface area contributed by atoms with Crippen LogP contribution in [0.25, 0.3) is 0 Å². The second kappa shape index (κ2) is 10.3. The van der Waals surface area contributed by atoms with Crippen molar-refractivity contribution in [3.8, 4) is 0 Å². The summed E-state index contributed by atoms with van der Waals surface area (Å²) < 4.78 is 0. The lowest BCUT2D eigenvalue weighted by molar-refractivity contribution is -0.141. The van der Waals surface area contributed by atoms with Crippen molar-refractivity contribution in [2.45, 2.75) is 12.5 Å². The number of benzene rings is 1. The number of nitrogens with two attached hydrogens (primary N) is 1. The largest absolute Gasteiger partial charge is 0.480 e. The van der Waals surface area contributed by atoms with Gasteiger partial charge in [0.25, 0.3) is 5.91 Å². The molecule has 10 nitrogen and oxygen atoms in total. The van der Waals surface area contributed by atoms with Gasteiger partial charge in [0.2, 0.25) is 5.91 Å². The topological polar surface area (TPSA) is 159 Å². The fraction of sp³-hybridized carbons (Fsp3) is 0.167. The lowest BCUT2D eigenvalue weighted by Gasteiger charge is -2.15. The van der Waals surface area contributed by atoms with E-state index in [0.29, 0.717) is 16.8 Å². The van der Waals surface area contributed by atoms with Gasteiger partial charge in [0.05, 0.1) is 6.54 Å². The molecule has 0 spiro atoms. The molecule has 2 aromatic rings. The summed E-state index contributed by atoms with van der Waals surface area (Å²) in [5.74, 6) is 2.73. The van der Waals surface area contributed by atoms with E-state index in [4.69, 9.17) is 5.84 Å². The van der Waals surface area contributed by atoms with Crippen LogP contribution in [0.15, 0.2) is 53.9 Å². The Morgan fingerprint density at radius 2 is 2.07 bits per heavy atom.